The third-order valence-corrected chi connectivity index (χ3v) is 1.84. The maximum Gasteiger partial charge on any atom is 0.223 e. The van der Waals surface area contributed by atoms with Gasteiger partial charge in [0.25, 0.3) is 0 Å². The van der Waals surface area contributed by atoms with Crippen LogP contribution in [0, 0.1) is 5.92 Å². The number of rotatable bonds is 2. The second-order valence-corrected chi connectivity index (χ2v) is 2.63. The molecule has 1 aliphatic rings. The third-order valence-electron chi connectivity index (χ3n) is 1.62. The first-order valence-electron chi connectivity index (χ1n) is 3.18. The van der Waals surface area contributed by atoms with Crippen LogP contribution in [-0.4, -0.2) is 18.3 Å². The molecule has 0 aromatic heterocycles. The van der Waals surface area contributed by atoms with Crippen molar-refractivity contribution in [3.05, 3.63) is 0 Å². The van der Waals surface area contributed by atoms with Gasteiger partial charge in [-0.25, -0.2) is 0 Å². The number of halogens is 1. The maximum absolute atomic E-state index is 10.8. The Morgan fingerprint density at radius 3 is 3.00 bits per heavy atom. The molecule has 1 atom stereocenters. The molecule has 1 amide bonds. The molecule has 0 aromatic rings. The topological polar surface area (TPSA) is 29.1 Å². The molecule has 1 heterocycles. The highest BCUT2D eigenvalue weighted by molar-refractivity contribution is 6.18. The van der Waals surface area contributed by atoms with Crippen LogP contribution in [0.3, 0.4) is 0 Å². The van der Waals surface area contributed by atoms with Crippen LogP contribution >= 0.6 is 11.6 Å². The van der Waals surface area contributed by atoms with Gasteiger partial charge in [0.15, 0.2) is 0 Å². The van der Waals surface area contributed by atoms with Crippen LogP contribution in [0.2, 0.25) is 0 Å². The molecule has 1 N–H and O–H groups in total. The Balaban J connectivity index is 2.31. The van der Waals surface area contributed by atoms with Crippen LogP contribution < -0.4 is 5.32 Å². The summed E-state index contributed by atoms with van der Waals surface area (Å²) in [7, 11) is 0. The van der Waals surface area contributed by atoms with E-state index in [9.17, 15) is 4.79 Å². The zero-order valence-corrected chi connectivity index (χ0v) is 5.95. The van der Waals surface area contributed by atoms with Gasteiger partial charge in [-0.1, -0.05) is 0 Å². The molecule has 1 fully saturated rings. The van der Waals surface area contributed by atoms with Crippen molar-refractivity contribution in [1.29, 1.82) is 0 Å². The molecule has 3 heteroatoms. The molecule has 1 rings (SSSR count). The monoisotopic (exact) mass is 147 g/mol. The van der Waals surface area contributed by atoms with E-state index in [1.807, 2.05) is 0 Å². The highest BCUT2D eigenvalue weighted by Crippen LogP contribution is 2.13. The Bertz CT molecular complexity index is 116. The Kier molecular flexibility index (Phi) is 2.34. The average molecular weight is 148 g/mol. The number of hydrogen-bond donors (Lipinski definition) is 1. The number of hydrogen-bond acceptors (Lipinski definition) is 1. The molecule has 1 saturated heterocycles. The summed E-state index contributed by atoms with van der Waals surface area (Å²) < 4.78 is 0. The highest BCUT2D eigenvalue weighted by Gasteiger charge is 2.22. The van der Waals surface area contributed by atoms with E-state index in [0.717, 1.165) is 19.4 Å². The van der Waals surface area contributed by atoms with E-state index in [0.29, 0.717) is 5.88 Å². The number of alkyl halides is 1. The molecular weight excluding hydrogens is 138 g/mol. The fourth-order valence-corrected chi connectivity index (χ4v) is 1.32. The van der Waals surface area contributed by atoms with Gasteiger partial charge in [-0.2, -0.15) is 0 Å². The van der Waals surface area contributed by atoms with Gasteiger partial charge in [0.2, 0.25) is 5.91 Å². The highest BCUT2D eigenvalue weighted by atomic mass is 35.5. The zero-order chi connectivity index (χ0) is 6.69. The smallest absolute Gasteiger partial charge is 0.223 e. The van der Waals surface area contributed by atoms with Crippen LogP contribution in [0.25, 0.3) is 0 Å². The molecule has 0 radical (unpaired) electrons. The molecule has 0 bridgehead atoms. The van der Waals surface area contributed by atoms with E-state index < -0.39 is 0 Å². The lowest BCUT2D eigenvalue weighted by Crippen LogP contribution is -2.19. The van der Waals surface area contributed by atoms with Crippen molar-refractivity contribution in [2.24, 2.45) is 5.92 Å². The van der Waals surface area contributed by atoms with E-state index in [1.54, 1.807) is 0 Å². The fraction of sp³-hybridized carbons (Fsp3) is 0.833. The van der Waals surface area contributed by atoms with E-state index in [2.05, 4.69) is 5.32 Å². The molecule has 1 unspecified atom stereocenters. The van der Waals surface area contributed by atoms with Gasteiger partial charge in [0, 0.05) is 18.3 Å². The minimum atomic E-state index is 0.177. The van der Waals surface area contributed by atoms with Crippen LogP contribution in [-0.2, 0) is 4.79 Å². The van der Waals surface area contributed by atoms with Gasteiger partial charge in [-0.3, -0.25) is 4.79 Å². The number of amides is 1. The van der Waals surface area contributed by atoms with E-state index in [1.165, 1.54) is 0 Å². The average Bonchev–Trinajstić information content (AvgIpc) is 2.18. The normalized spacial score (nSPS) is 26.3. The van der Waals surface area contributed by atoms with Crippen molar-refractivity contribution in [2.75, 3.05) is 12.4 Å². The van der Waals surface area contributed by atoms with Crippen molar-refractivity contribution < 1.29 is 4.79 Å². The molecular formula is C6H10ClNO. The molecule has 1 aliphatic heterocycles. The summed E-state index contributed by atoms with van der Waals surface area (Å²) in [6, 6.07) is 0. The maximum atomic E-state index is 10.8. The van der Waals surface area contributed by atoms with Gasteiger partial charge < -0.3 is 5.32 Å². The van der Waals surface area contributed by atoms with E-state index >= 15 is 0 Å². The van der Waals surface area contributed by atoms with Gasteiger partial charge in [-0.05, 0) is 12.8 Å². The minimum Gasteiger partial charge on any atom is -0.356 e. The molecule has 0 aliphatic carbocycles. The second-order valence-electron chi connectivity index (χ2n) is 2.25. The number of carbonyl (C=O) groups is 1. The largest absolute Gasteiger partial charge is 0.356 e. The first kappa shape index (κ1) is 6.87. The van der Waals surface area contributed by atoms with Gasteiger partial charge >= 0.3 is 0 Å². The van der Waals surface area contributed by atoms with Crippen molar-refractivity contribution in [3.63, 3.8) is 0 Å². The fourth-order valence-electron chi connectivity index (χ4n) is 1.05. The molecule has 0 spiro atoms. The Morgan fingerprint density at radius 2 is 2.56 bits per heavy atom. The molecule has 0 saturated carbocycles. The lowest BCUT2D eigenvalue weighted by molar-refractivity contribution is -0.122. The molecule has 0 aromatic carbocycles. The van der Waals surface area contributed by atoms with Crippen LogP contribution in [0.15, 0.2) is 0 Å². The lowest BCUT2D eigenvalue weighted by Gasteiger charge is -2.00. The number of nitrogens with one attached hydrogen (secondary N) is 1. The van der Waals surface area contributed by atoms with E-state index in [-0.39, 0.29) is 11.8 Å². The summed E-state index contributed by atoms with van der Waals surface area (Å²) in [6.45, 7) is 0.834. The molecule has 52 valence electrons. The van der Waals surface area contributed by atoms with Crippen molar-refractivity contribution in [2.45, 2.75) is 12.8 Å². The number of carbonyl (C=O) groups excluding carboxylic acids is 1. The second kappa shape index (κ2) is 3.06. The molecule has 2 nitrogen and oxygen atoms in total. The summed E-state index contributed by atoms with van der Waals surface area (Å²) in [5, 5.41) is 2.76. The van der Waals surface area contributed by atoms with Crippen molar-refractivity contribution in [1.82, 2.24) is 5.32 Å². The molecule has 9 heavy (non-hydrogen) atoms. The van der Waals surface area contributed by atoms with Crippen LogP contribution in [0.4, 0.5) is 0 Å². The van der Waals surface area contributed by atoms with Gasteiger partial charge in [0.05, 0.1) is 0 Å². The van der Waals surface area contributed by atoms with Crippen molar-refractivity contribution >= 4 is 17.5 Å². The predicted octanol–water partition coefficient (Wildman–Crippen LogP) is 0.751. The summed E-state index contributed by atoms with van der Waals surface area (Å²) in [6.07, 6.45) is 1.79. The standard InChI is InChI=1S/C6H10ClNO/c7-3-1-5-2-4-8-6(5)9/h5H,1-4H2,(H,8,9). The first-order valence-corrected chi connectivity index (χ1v) is 3.71. The minimum absolute atomic E-state index is 0.177. The van der Waals surface area contributed by atoms with Gasteiger partial charge in [0.1, 0.15) is 0 Å². The third kappa shape index (κ3) is 1.58. The Labute approximate surface area is 59.6 Å². The van der Waals surface area contributed by atoms with Crippen LogP contribution in [0.5, 0.6) is 0 Å². The van der Waals surface area contributed by atoms with Gasteiger partial charge in [-0.15, -0.1) is 11.6 Å². The predicted molar refractivity (Wildman–Crippen MR) is 36.5 cm³/mol. The van der Waals surface area contributed by atoms with Crippen molar-refractivity contribution in [3.8, 4) is 0 Å². The Morgan fingerprint density at radius 1 is 1.78 bits per heavy atom. The first-order chi connectivity index (χ1) is 4.34. The van der Waals surface area contributed by atoms with E-state index in [4.69, 9.17) is 11.6 Å². The zero-order valence-electron chi connectivity index (χ0n) is 5.19. The Hall–Kier alpha value is -0.240. The van der Waals surface area contributed by atoms with Crippen LogP contribution in [0.1, 0.15) is 12.8 Å². The SMILES string of the molecule is O=C1NCCC1CCCl. The summed E-state index contributed by atoms with van der Waals surface area (Å²) in [5.41, 5.74) is 0. The summed E-state index contributed by atoms with van der Waals surface area (Å²) >= 11 is 5.47. The summed E-state index contributed by atoms with van der Waals surface area (Å²) in [4.78, 5) is 10.8. The lowest BCUT2D eigenvalue weighted by atomic mass is 10.1. The summed E-state index contributed by atoms with van der Waals surface area (Å²) in [5.74, 6) is 0.969. The quantitative estimate of drug-likeness (QED) is 0.574.